The zero-order valence-corrected chi connectivity index (χ0v) is 7.16. The molecule has 0 heterocycles. The van der Waals surface area contributed by atoms with Crippen LogP contribution in [0.4, 0.5) is 8.78 Å². The zero-order valence-electron chi connectivity index (χ0n) is 7.16. The summed E-state index contributed by atoms with van der Waals surface area (Å²) in [4.78, 5) is 10.6. The van der Waals surface area contributed by atoms with Gasteiger partial charge in [0.25, 0.3) is 5.91 Å². The van der Waals surface area contributed by atoms with Gasteiger partial charge in [0.2, 0.25) is 0 Å². The molecule has 11 heavy (non-hydrogen) atoms. The number of carbonyl (C=O) groups excluding carboxylic acids is 1. The summed E-state index contributed by atoms with van der Waals surface area (Å²) < 4.78 is 25.8. The van der Waals surface area contributed by atoms with Crippen LogP contribution in [-0.2, 0) is 4.79 Å². The molecule has 0 aromatic rings. The second-order valence-corrected chi connectivity index (χ2v) is 3.40. The lowest BCUT2D eigenvalue weighted by atomic mass is 9.87. The van der Waals surface area contributed by atoms with E-state index < -0.39 is 17.2 Å². The van der Waals surface area contributed by atoms with E-state index >= 15 is 0 Å². The van der Waals surface area contributed by atoms with E-state index in [-0.39, 0.29) is 0 Å². The summed E-state index contributed by atoms with van der Waals surface area (Å²) in [6.07, 6.45) is 0. The molecule has 1 N–H and O–H groups in total. The van der Waals surface area contributed by atoms with E-state index in [1.807, 2.05) is 5.32 Å². The van der Waals surface area contributed by atoms with Crippen molar-refractivity contribution in [1.29, 1.82) is 0 Å². The average molecular weight is 165 g/mol. The molecule has 0 saturated carbocycles. The fourth-order valence-electron chi connectivity index (χ4n) is 0.498. The molecule has 0 aromatic heterocycles. The van der Waals surface area contributed by atoms with Crippen LogP contribution in [0.15, 0.2) is 0 Å². The second kappa shape index (κ2) is 2.75. The van der Waals surface area contributed by atoms with Crippen molar-refractivity contribution < 1.29 is 13.6 Å². The molecule has 0 bridgehead atoms. The van der Waals surface area contributed by atoms with Gasteiger partial charge in [-0.2, -0.15) is 8.78 Å². The standard InChI is InChI=1S/C7H13F2NO/c1-6(2,3)7(8,9)5(11)10-4/h1-4H3,(H,10,11). The average Bonchev–Trinajstić information content (AvgIpc) is 1.83. The van der Waals surface area contributed by atoms with Gasteiger partial charge in [-0.25, -0.2) is 0 Å². The van der Waals surface area contributed by atoms with E-state index in [0.717, 1.165) is 0 Å². The molecule has 1 amide bonds. The molecule has 0 rings (SSSR count). The van der Waals surface area contributed by atoms with E-state index in [4.69, 9.17) is 0 Å². The summed E-state index contributed by atoms with van der Waals surface area (Å²) in [5.74, 6) is -4.54. The van der Waals surface area contributed by atoms with Gasteiger partial charge in [-0.3, -0.25) is 4.79 Å². The fraction of sp³-hybridized carbons (Fsp3) is 0.857. The molecule has 0 radical (unpaired) electrons. The molecule has 0 fully saturated rings. The maximum atomic E-state index is 12.9. The first-order chi connectivity index (χ1) is 4.73. The monoisotopic (exact) mass is 165 g/mol. The van der Waals surface area contributed by atoms with Crippen LogP contribution in [0.25, 0.3) is 0 Å². The third-order valence-electron chi connectivity index (χ3n) is 1.45. The number of halogens is 2. The maximum Gasteiger partial charge on any atom is 0.329 e. The van der Waals surface area contributed by atoms with Crippen LogP contribution in [0.1, 0.15) is 20.8 Å². The Morgan fingerprint density at radius 2 is 1.64 bits per heavy atom. The Morgan fingerprint density at radius 3 is 1.73 bits per heavy atom. The number of nitrogens with one attached hydrogen (secondary N) is 1. The minimum atomic E-state index is -3.30. The zero-order chi connectivity index (χ0) is 9.28. The third kappa shape index (κ3) is 1.88. The Hall–Kier alpha value is -0.670. The highest BCUT2D eigenvalue weighted by atomic mass is 19.3. The number of rotatable bonds is 1. The van der Waals surface area contributed by atoms with Crippen LogP contribution < -0.4 is 5.32 Å². The Bertz CT molecular complexity index is 160. The van der Waals surface area contributed by atoms with Gasteiger partial charge in [-0.1, -0.05) is 20.8 Å². The highest BCUT2D eigenvalue weighted by Crippen LogP contribution is 2.35. The number of hydrogen-bond donors (Lipinski definition) is 1. The SMILES string of the molecule is CNC(=O)C(F)(F)C(C)(C)C. The van der Waals surface area contributed by atoms with Gasteiger partial charge in [0.1, 0.15) is 0 Å². The molecule has 0 aliphatic heterocycles. The summed E-state index contributed by atoms with van der Waals surface area (Å²) in [6, 6.07) is 0. The van der Waals surface area contributed by atoms with Crippen molar-refractivity contribution in [1.82, 2.24) is 5.32 Å². The van der Waals surface area contributed by atoms with Crippen LogP contribution in [0.3, 0.4) is 0 Å². The minimum absolute atomic E-state index is 1.20. The van der Waals surface area contributed by atoms with Crippen molar-refractivity contribution in [2.45, 2.75) is 26.7 Å². The topological polar surface area (TPSA) is 29.1 Å². The van der Waals surface area contributed by atoms with Gasteiger partial charge in [0.15, 0.2) is 0 Å². The van der Waals surface area contributed by atoms with Crippen molar-refractivity contribution in [2.75, 3.05) is 7.05 Å². The minimum Gasteiger partial charge on any atom is -0.354 e. The van der Waals surface area contributed by atoms with E-state index in [1.54, 1.807) is 0 Å². The van der Waals surface area contributed by atoms with E-state index in [0.29, 0.717) is 0 Å². The first-order valence-electron chi connectivity index (χ1n) is 3.33. The Kier molecular flexibility index (Phi) is 2.59. The second-order valence-electron chi connectivity index (χ2n) is 3.40. The largest absolute Gasteiger partial charge is 0.354 e. The van der Waals surface area contributed by atoms with Crippen LogP contribution in [0.5, 0.6) is 0 Å². The van der Waals surface area contributed by atoms with Gasteiger partial charge in [-0.05, 0) is 0 Å². The lowest BCUT2D eigenvalue weighted by molar-refractivity contribution is -0.161. The lowest BCUT2D eigenvalue weighted by Crippen LogP contribution is -2.47. The van der Waals surface area contributed by atoms with E-state index in [2.05, 4.69) is 0 Å². The van der Waals surface area contributed by atoms with Gasteiger partial charge < -0.3 is 5.32 Å². The molecule has 0 aliphatic carbocycles. The third-order valence-corrected chi connectivity index (χ3v) is 1.45. The summed E-state index contributed by atoms with van der Waals surface area (Å²) in [6.45, 7) is 3.97. The first-order valence-corrected chi connectivity index (χ1v) is 3.33. The predicted molar refractivity (Wildman–Crippen MR) is 38.5 cm³/mol. The predicted octanol–water partition coefficient (Wildman–Crippen LogP) is 1.41. The Morgan fingerprint density at radius 1 is 1.27 bits per heavy atom. The smallest absolute Gasteiger partial charge is 0.329 e. The summed E-state index contributed by atoms with van der Waals surface area (Å²) >= 11 is 0. The quantitative estimate of drug-likeness (QED) is 0.625. The molecule has 0 spiro atoms. The van der Waals surface area contributed by atoms with Gasteiger partial charge in [-0.15, -0.1) is 0 Å². The molecule has 66 valence electrons. The molecular weight excluding hydrogens is 152 g/mol. The Balaban J connectivity index is 4.59. The maximum absolute atomic E-state index is 12.9. The van der Waals surface area contributed by atoms with E-state index in [9.17, 15) is 13.6 Å². The molecule has 0 aromatic carbocycles. The highest BCUT2D eigenvalue weighted by molar-refractivity contribution is 5.83. The van der Waals surface area contributed by atoms with Gasteiger partial charge >= 0.3 is 5.92 Å². The van der Waals surface area contributed by atoms with E-state index in [1.165, 1.54) is 27.8 Å². The van der Waals surface area contributed by atoms with Crippen LogP contribution >= 0.6 is 0 Å². The molecule has 0 atom stereocenters. The molecule has 2 nitrogen and oxygen atoms in total. The molecular formula is C7H13F2NO. The van der Waals surface area contributed by atoms with Crippen molar-refractivity contribution in [2.24, 2.45) is 5.41 Å². The van der Waals surface area contributed by atoms with Crippen LogP contribution in [-0.4, -0.2) is 18.9 Å². The van der Waals surface area contributed by atoms with Crippen LogP contribution in [0, 0.1) is 5.41 Å². The van der Waals surface area contributed by atoms with Crippen molar-refractivity contribution in [3.8, 4) is 0 Å². The van der Waals surface area contributed by atoms with Gasteiger partial charge in [0, 0.05) is 12.5 Å². The van der Waals surface area contributed by atoms with Crippen molar-refractivity contribution in [3.63, 3.8) is 0 Å². The number of amides is 1. The van der Waals surface area contributed by atoms with Crippen molar-refractivity contribution in [3.05, 3.63) is 0 Å². The Labute approximate surface area is 65.0 Å². The number of hydrogen-bond acceptors (Lipinski definition) is 1. The number of alkyl halides is 2. The van der Waals surface area contributed by atoms with Crippen LogP contribution in [0.2, 0.25) is 0 Å². The molecule has 0 saturated heterocycles. The molecule has 0 aliphatic rings. The van der Waals surface area contributed by atoms with Crippen molar-refractivity contribution >= 4 is 5.91 Å². The summed E-state index contributed by atoms with van der Waals surface area (Å²) in [5, 5.41) is 1.92. The normalized spacial score (nSPS) is 12.9. The molecule has 4 heteroatoms. The fourth-order valence-corrected chi connectivity index (χ4v) is 0.498. The van der Waals surface area contributed by atoms with Gasteiger partial charge in [0.05, 0.1) is 0 Å². The lowest BCUT2D eigenvalue weighted by Gasteiger charge is -2.28. The first kappa shape index (κ1) is 10.3. The summed E-state index contributed by atoms with van der Waals surface area (Å²) in [5.41, 5.74) is -1.33. The highest BCUT2D eigenvalue weighted by Gasteiger charge is 2.49. The number of carbonyl (C=O) groups is 1. The summed E-state index contributed by atoms with van der Waals surface area (Å²) in [7, 11) is 1.20. The molecule has 0 unspecified atom stereocenters.